The molecule has 2 aromatic rings. The van der Waals surface area contributed by atoms with Crippen LogP contribution in [0.4, 0.5) is 0 Å². The molecule has 0 saturated carbocycles. The average molecular weight is 511 g/mol. The molecule has 0 aromatic heterocycles. The van der Waals surface area contributed by atoms with Crippen molar-refractivity contribution in [2.45, 2.75) is 64.7 Å². The summed E-state index contributed by atoms with van der Waals surface area (Å²) in [6.07, 6.45) is 0.989. The molecular formula is C27H34N4O6. The van der Waals surface area contributed by atoms with E-state index in [0.717, 1.165) is 10.8 Å². The van der Waals surface area contributed by atoms with Crippen LogP contribution in [0.2, 0.25) is 0 Å². The maximum absolute atomic E-state index is 13.1. The smallest absolute Gasteiger partial charge is 0.326 e. The van der Waals surface area contributed by atoms with Crippen molar-refractivity contribution < 1.29 is 29.1 Å². The molecule has 1 aliphatic rings. The van der Waals surface area contributed by atoms with Crippen LogP contribution in [0.15, 0.2) is 42.5 Å². The van der Waals surface area contributed by atoms with E-state index in [9.17, 15) is 29.1 Å². The molecule has 37 heavy (non-hydrogen) atoms. The molecule has 10 heteroatoms. The van der Waals surface area contributed by atoms with Gasteiger partial charge in [0.2, 0.25) is 17.7 Å². The second-order valence-electron chi connectivity index (χ2n) is 9.75. The first-order valence-corrected chi connectivity index (χ1v) is 12.4. The Labute approximate surface area is 215 Å². The zero-order valence-corrected chi connectivity index (χ0v) is 21.5. The number of fused-ring (bicyclic) bond motifs is 1. The number of carboxylic acids is 1. The second-order valence-corrected chi connectivity index (χ2v) is 9.75. The molecule has 1 saturated heterocycles. The molecule has 4 amide bonds. The van der Waals surface area contributed by atoms with Gasteiger partial charge in [0.1, 0.15) is 24.2 Å². The minimum Gasteiger partial charge on any atom is -0.480 e. The SMILES string of the molecule is CC(C)[C@H](NC(=O)[C@@H]1CCCN1C(=O)[C@H](C)NC(=O)[C@H](C)NC(=O)c1ccc2ccccc2c1)C(=O)O. The van der Waals surface area contributed by atoms with Crippen LogP contribution < -0.4 is 16.0 Å². The molecule has 4 atom stereocenters. The number of hydrogen-bond acceptors (Lipinski definition) is 5. The molecule has 3 rings (SSSR count). The van der Waals surface area contributed by atoms with Crippen LogP contribution >= 0.6 is 0 Å². The van der Waals surface area contributed by atoms with Gasteiger partial charge in [0.05, 0.1) is 0 Å². The number of carbonyl (C=O) groups excluding carboxylic acids is 4. The molecule has 0 radical (unpaired) electrons. The third-order valence-corrected chi connectivity index (χ3v) is 6.55. The summed E-state index contributed by atoms with van der Waals surface area (Å²) in [4.78, 5) is 64.1. The highest BCUT2D eigenvalue weighted by Gasteiger charge is 2.38. The molecule has 0 spiro atoms. The van der Waals surface area contributed by atoms with Crippen molar-refractivity contribution in [3.63, 3.8) is 0 Å². The number of carboxylic acid groups (broad SMARTS) is 1. The van der Waals surface area contributed by atoms with E-state index in [1.165, 1.54) is 18.7 Å². The van der Waals surface area contributed by atoms with Crippen LogP contribution in [0.3, 0.4) is 0 Å². The highest BCUT2D eigenvalue weighted by atomic mass is 16.4. The molecule has 1 aliphatic heterocycles. The van der Waals surface area contributed by atoms with E-state index in [2.05, 4.69) is 16.0 Å². The Hall–Kier alpha value is -3.95. The lowest BCUT2D eigenvalue weighted by atomic mass is 10.0. The van der Waals surface area contributed by atoms with E-state index >= 15 is 0 Å². The standard InChI is InChI=1S/C27H34N4O6/c1-15(2)22(27(36)37)30-25(34)21-10-7-13-31(21)26(35)17(4)29-23(32)16(3)28-24(33)20-12-11-18-8-5-6-9-19(18)14-20/h5-6,8-9,11-12,14-17,21-22H,7,10,13H2,1-4H3,(H,28,33)(H,29,32)(H,30,34)(H,36,37)/t16-,17-,21-,22-/m0/s1. The van der Waals surface area contributed by atoms with Gasteiger partial charge in [-0.1, -0.05) is 44.2 Å². The molecule has 1 fully saturated rings. The van der Waals surface area contributed by atoms with Gasteiger partial charge in [-0.15, -0.1) is 0 Å². The van der Waals surface area contributed by atoms with Gasteiger partial charge >= 0.3 is 5.97 Å². The van der Waals surface area contributed by atoms with Crippen molar-refractivity contribution in [2.75, 3.05) is 6.54 Å². The van der Waals surface area contributed by atoms with E-state index in [1.54, 1.807) is 26.0 Å². The number of nitrogens with zero attached hydrogens (tertiary/aromatic N) is 1. The van der Waals surface area contributed by atoms with E-state index in [4.69, 9.17) is 0 Å². The quantitative estimate of drug-likeness (QED) is 0.404. The lowest BCUT2D eigenvalue weighted by Crippen LogP contribution is -2.56. The summed E-state index contributed by atoms with van der Waals surface area (Å²) in [6.45, 7) is 6.74. The van der Waals surface area contributed by atoms with Gasteiger partial charge in [0, 0.05) is 12.1 Å². The molecule has 198 valence electrons. The predicted molar refractivity (Wildman–Crippen MR) is 138 cm³/mol. The molecule has 0 bridgehead atoms. The Kier molecular flexibility index (Phi) is 8.86. The Morgan fingerprint density at radius 2 is 1.57 bits per heavy atom. The molecule has 0 aliphatic carbocycles. The minimum atomic E-state index is -1.14. The fourth-order valence-corrected chi connectivity index (χ4v) is 4.39. The number of carbonyl (C=O) groups is 5. The molecule has 0 unspecified atom stereocenters. The summed E-state index contributed by atoms with van der Waals surface area (Å²) in [5.41, 5.74) is 0.412. The van der Waals surface area contributed by atoms with Crippen molar-refractivity contribution in [1.29, 1.82) is 0 Å². The highest BCUT2D eigenvalue weighted by Crippen LogP contribution is 2.20. The first-order valence-electron chi connectivity index (χ1n) is 12.4. The molecule has 10 nitrogen and oxygen atoms in total. The summed E-state index contributed by atoms with van der Waals surface area (Å²) in [7, 11) is 0. The third kappa shape index (κ3) is 6.63. The largest absolute Gasteiger partial charge is 0.480 e. The zero-order valence-electron chi connectivity index (χ0n) is 21.5. The maximum Gasteiger partial charge on any atom is 0.326 e. The normalized spacial score (nSPS) is 17.6. The Morgan fingerprint density at radius 3 is 2.22 bits per heavy atom. The number of benzene rings is 2. The van der Waals surface area contributed by atoms with Crippen LogP contribution in [0.5, 0.6) is 0 Å². The monoisotopic (exact) mass is 510 g/mol. The molecule has 4 N–H and O–H groups in total. The van der Waals surface area contributed by atoms with Gasteiger partial charge in [-0.25, -0.2) is 4.79 Å². The maximum atomic E-state index is 13.1. The van der Waals surface area contributed by atoms with Crippen molar-refractivity contribution in [1.82, 2.24) is 20.9 Å². The van der Waals surface area contributed by atoms with Crippen LogP contribution in [0.25, 0.3) is 10.8 Å². The molecule has 2 aromatic carbocycles. The summed E-state index contributed by atoms with van der Waals surface area (Å²) in [6, 6.07) is 9.16. The summed E-state index contributed by atoms with van der Waals surface area (Å²) >= 11 is 0. The van der Waals surface area contributed by atoms with Gasteiger partial charge in [-0.3, -0.25) is 19.2 Å². The van der Waals surface area contributed by atoms with Crippen LogP contribution in [0, 0.1) is 5.92 Å². The Bertz CT molecular complexity index is 1200. The zero-order chi connectivity index (χ0) is 27.3. The van der Waals surface area contributed by atoms with Gasteiger partial charge in [-0.2, -0.15) is 0 Å². The first-order chi connectivity index (χ1) is 17.5. The van der Waals surface area contributed by atoms with E-state index < -0.39 is 53.8 Å². The van der Waals surface area contributed by atoms with Gasteiger partial charge in [0.15, 0.2) is 0 Å². The topological polar surface area (TPSA) is 145 Å². The average Bonchev–Trinajstić information content (AvgIpc) is 3.35. The number of likely N-dealkylation sites (tertiary alicyclic amines) is 1. The first kappa shape index (κ1) is 27.6. The molecular weight excluding hydrogens is 476 g/mol. The van der Waals surface area contributed by atoms with Crippen LogP contribution in [-0.4, -0.2) is 70.3 Å². The van der Waals surface area contributed by atoms with E-state index in [1.807, 2.05) is 30.3 Å². The van der Waals surface area contributed by atoms with Crippen molar-refractivity contribution in [3.05, 3.63) is 48.0 Å². The number of aliphatic carboxylic acids is 1. The van der Waals surface area contributed by atoms with Crippen LogP contribution in [0.1, 0.15) is 50.9 Å². The lowest BCUT2D eigenvalue weighted by Gasteiger charge is -2.29. The van der Waals surface area contributed by atoms with E-state index in [0.29, 0.717) is 24.9 Å². The van der Waals surface area contributed by atoms with E-state index in [-0.39, 0.29) is 5.92 Å². The molecule has 1 heterocycles. The summed E-state index contributed by atoms with van der Waals surface area (Å²) in [5, 5.41) is 19.0. The van der Waals surface area contributed by atoms with Gasteiger partial charge in [0.25, 0.3) is 5.91 Å². The Morgan fingerprint density at radius 1 is 0.892 bits per heavy atom. The fourth-order valence-electron chi connectivity index (χ4n) is 4.39. The number of hydrogen-bond donors (Lipinski definition) is 4. The van der Waals surface area contributed by atoms with Crippen LogP contribution in [-0.2, 0) is 19.2 Å². The predicted octanol–water partition coefficient (Wildman–Crippen LogP) is 1.68. The lowest BCUT2D eigenvalue weighted by molar-refractivity contribution is -0.145. The number of nitrogens with one attached hydrogen (secondary N) is 3. The summed E-state index contributed by atoms with van der Waals surface area (Å²) in [5.74, 6) is -3.39. The van der Waals surface area contributed by atoms with Gasteiger partial charge in [-0.05, 0) is 55.5 Å². The Balaban J connectivity index is 1.58. The third-order valence-electron chi connectivity index (χ3n) is 6.55. The highest BCUT2D eigenvalue weighted by molar-refractivity contribution is 6.01. The fraction of sp³-hybridized carbons (Fsp3) is 0.444. The number of rotatable bonds is 9. The minimum absolute atomic E-state index is 0.323. The second kappa shape index (κ2) is 11.9. The number of amides is 4. The van der Waals surface area contributed by atoms with Crippen molar-refractivity contribution >= 4 is 40.4 Å². The van der Waals surface area contributed by atoms with Crippen molar-refractivity contribution in [3.8, 4) is 0 Å². The summed E-state index contributed by atoms with van der Waals surface area (Å²) < 4.78 is 0. The van der Waals surface area contributed by atoms with Gasteiger partial charge < -0.3 is 26.0 Å². The van der Waals surface area contributed by atoms with Crippen molar-refractivity contribution in [2.24, 2.45) is 5.92 Å².